The molecule has 0 bridgehead atoms. The fraction of sp³-hybridized carbons (Fsp3) is 0.333. The SMILES string of the molecule is O=[N+]([O-])c1ccccc1S(=O)(=O)N1CCSC(c2ccc3c(c2)OCO3)CC1. The van der Waals surface area contributed by atoms with Crippen molar-refractivity contribution in [2.45, 2.75) is 16.6 Å². The molecule has 0 aliphatic carbocycles. The molecule has 28 heavy (non-hydrogen) atoms. The predicted molar refractivity (Wildman–Crippen MR) is 104 cm³/mol. The fourth-order valence-corrected chi connectivity index (χ4v) is 6.29. The molecule has 0 spiro atoms. The van der Waals surface area contributed by atoms with Gasteiger partial charge in [0.05, 0.1) is 4.92 Å². The maximum absolute atomic E-state index is 13.0. The zero-order valence-corrected chi connectivity index (χ0v) is 16.4. The molecule has 0 amide bonds. The Bertz CT molecular complexity index is 1010. The first kappa shape index (κ1) is 19.0. The zero-order valence-electron chi connectivity index (χ0n) is 14.8. The average Bonchev–Trinajstić information content (AvgIpc) is 3.01. The molecule has 0 aromatic heterocycles. The van der Waals surface area contributed by atoms with Crippen molar-refractivity contribution >= 4 is 27.5 Å². The van der Waals surface area contributed by atoms with Crippen LogP contribution in [0.3, 0.4) is 0 Å². The monoisotopic (exact) mass is 422 g/mol. The lowest BCUT2D eigenvalue weighted by molar-refractivity contribution is -0.387. The molecule has 10 heteroatoms. The summed E-state index contributed by atoms with van der Waals surface area (Å²) in [4.78, 5) is 10.3. The molecule has 148 valence electrons. The second-order valence-electron chi connectivity index (χ2n) is 6.39. The Morgan fingerprint density at radius 3 is 2.71 bits per heavy atom. The zero-order chi connectivity index (χ0) is 19.7. The average molecular weight is 422 g/mol. The van der Waals surface area contributed by atoms with Gasteiger partial charge in [-0.15, -0.1) is 0 Å². The van der Waals surface area contributed by atoms with Gasteiger partial charge in [-0.3, -0.25) is 10.1 Å². The predicted octanol–water partition coefficient (Wildman–Crippen LogP) is 3.19. The van der Waals surface area contributed by atoms with Crippen molar-refractivity contribution in [1.29, 1.82) is 0 Å². The summed E-state index contributed by atoms with van der Waals surface area (Å²) in [6.07, 6.45) is 0.601. The minimum Gasteiger partial charge on any atom is -0.454 e. The van der Waals surface area contributed by atoms with E-state index in [-0.39, 0.29) is 16.9 Å². The highest BCUT2D eigenvalue weighted by Crippen LogP contribution is 2.41. The van der Waals surface area contributed by atoms with Crippen LogP contribution >= 0.6 is 11.8 Å². The number of thioether (sulfide) groups is 1. The first-order chi connectivity index (χ1) is 13.5. The van der Waals surface area contributed by atoms with Crippen molar-refractivity contribution in [2.24, 2.45) is 0 Å². The van der Waals surface area contributed by atoms with Crippen molar-refractivity contribution in [3.8, 4) is 11.5 Å². The van der Waals surface area contributed by atoms with E-state index in [2.05, 4.69) is 0 Å². The van der Waals surface area contributed by atoms with Crippen LogP contribution in [0, 0.1) is 10.1 Å². The van der Waals surface area contributed by atoms with Gasteiger partial charge in [0.2, 0.25) is 16.8 Å². The lowest BCUT2D eigenvalue weighted by atomic mass is 10.1. The van der Waals surface area contributed by atoms with Gasteiger partial charge < -0.3 is 9.47 Å². The van der Waals surface area contributed by atoms with E-state index < -0.39 is 20.6 Å². The largest absolute Gasteiger partial charge is 0.454 e. The van der Waals surface area contributed by atoms with Gasteiger partial charge >= 0.3 is 0 Å². The smallest absolute Gasteiger partial charge is 0.289 e. The third-order valence-electron chi connectivity index (χ3n) is 4.75. The van der Waals surface area contributed by atoms with Crippen LogP contribution < -0.4 is 9.47 Å². The topological polar surface area (TPSA) is 99.0 Å². The van der Waals surface area contributed by atoms with E-state index in [9.17, 15) is 18.5 Å². The Morgan fingerprint density at radius 1 is 1.11 bits per heavy atom. The Hall–Kier alpha value is -2.30. The molecule has 2 aliphatic rings. The molecule has 8 nitrogen and oxygen atoms in total. The molecular formula is C18H18N2O6S2. The highest BCUT2D eigenvalue weighted by atomic mass is 32.2. The lowest BCUT2D eigenvalue weighted by Crippen LogP contribution is -2.33. The molecule has 1 unspecified atom stereocenters. The second-order valence-corrected chi connectivity index (χ2v) is 9.61. The van der Waals surface area contributed by atoms with Crippen molar-refractivity contribution < 1.29 is 22.8 Å². The third-order valence-corrected chi connectivity index (χ3v) is 8.02. The van der Waals surface area contributed by atoms with Gasteiger partial charge in [-0.05, 0) is 30.2 Å². The van der Waals surface area contributed by atoms with Crippen molar-refractivity contribution in [1.82, 2.24) is 4.31 Å². The van der Waals surface area contributed by atoms with E-state index in [0.717, 1.165) is 5.56 Å². The second kappa shape index (κ2) is 7.61. The van der Waals surface area contributed by atoms with Crippen LogP contribution in [0.2, 0.25) is 0 Å². The van der Waals surface area contributed by atoms with Crippen LogP contribution in [0.4, 0.5) is 5.69 Å². The van der Waals surface area contributed by atoms with Gasteiger partial charge in [0.1, 0.15) is 0 Å². The first-order valence-corrected chi connectivity index (χ1v) is 11.2. The Labute approximate surface area is 166 Å². The van der Waals surface area contributed by atoms with Crippen LogP contribution in [0.15, 0.2) is 47.4 Å². The molecule has 0 saturated carbocycles. The summed E-state index contributed by atoms with van der Waals surface area (Å²) in [6, 6.07) is 11.2. The van der Waals surface area contributed by atoms with Crippen molar-refractivity contribution in [3.63, 3.8) is 0 Å². The highest BCUT2D eigenvalue weighted by Gasteiger charge is 2.33. The summed E-state index contributed by atoms with van der Waals surface area (Å²) >= 11 is 1.67. The number of benzene rings is 2. The van der Waals surface area contributed by atoms with Gasteiger partial charge in [-0.2, -0.15) is 16.1 Å². The Balaban J connectivity index is 1.55. The number of nitro groups is 1. The minimum absolute atomic E-state index is 0.112. The maximum Gasteiger partial charge on any atom is 0.289 e. The van der Waals surface area contributed by atoms with E-state index >= 15 is 0 Å². The molecule has 0 radical (unpaired) electrons. The molecule has 4 rings (SSSR count). The quantitative estimate of drug-likeness (QED) is 0.551. The van der Waals surface area contributed by atoms with E-state index in [0.29, 0.717) is 36.8 Å². The number of nitrogens with zero attached hydrogens (tertiary/aromatic N) is 2. The molecule has 1 saturated heterocycles. The Morgan fingerprint density at radius 2 is 1.89 bits per heavy atom. The highest BCUT2D eigenvalue weighted by molar-refractivity contribution is 7.99. The number of hydrogen-bond donors (Lipinski definition) is 0. The molecule has 2 heterocycles. The molecule has 1 atom stereocenters. The maximum atomic E-state index is 13.0. The van der Waals surface area contributed by atoms with Gasteiger partial charge in [0.15, 0.2) is 16.4 Å². The van der Waals surface area contributed by atoms with E-state index in [1.54, 1.807) is 11.8 Å². The minimum atomic E-state index is -3.94. The number of rotatable bonds is 4. The van der Waals surface area contributed by atoms with Crippen molar-refractivity contribution in [2.75, 3.05) is 25.6 Å². The molecule has 2 aromatic carbocycles. The van der Waals surface area contributed by atoms with Crippen LogP contribution in [0.1, 0.15) is 17.2 Å². The number of ether oxygens (including phenoxy) is 2. The normalized spacial score (nSPS) is 19.9. The summed E-state index contributed by atoms with van der Waals surface area (Å²) in [5, 5.41) is 11.4. The number of para-hydroxylation sites is 1. The molecule has 2 aliphatic heterocycles. The first-order valence-electron chi connectivity index (χ1n) is 8.71. The number of nitro benzene ring substituents is 1. The van der Waals surface area contributed by atoms with Gasteiger partial charge in [-0.1, -0.05) is 18.2 Å². The number of hydrogen-bond acceptors (Lipinski definition) is 7. The lowest BCUT2D eigenvalue weighted by Gasteiger charge is -2.20. The van der Waals surface area contributed by atoms with Gasteiger partial charge in [-0.25, -0.2) is 8.42 Å². The summed E-state index contributed by atoms with van der Waals surface area (Å²) in [7, 11) is -3.94. The van der Waals surface area contributed by atoms with E-state index in [1.165, 1.54) is 28.6 Å². The fourth-order valence-electron chi connectivity index (χ4n) is 3.34. The van der Waals surface area contributed by atoms with Gasteiger partial charge in [0.25, 0.3) is 5.69 Å². The van der Waals surface area contributed by atoms with E-state index in [1.807, 2.05) is 18.2 Å². The van der Waals surface area contributed by atoms with E-state index in [4.69, 9.17) is 9.47 Å². The number of fused-ring (bicyclic) bond motifs is 1. The van der Waals surface area contributed by atoms with Gasteiger partial charge in [0, 0.05) is 30.2 Å². The molecular weight excluding hydrogens is 404 g/mol. The van der Waals surface area contributed by atoms with Crippen molar-refractivity contribution in [3.05, 3.63) is 58.1 Å². The molecule has 0 N–H and O–H groups in total. The summed E-state index contributed by atoms with van der Waals surface area (Å²) in [6.45, 7) is 0.805. The Kier molecular flexibility index (Phi) is 5.17. The van der Waals surface area contributed by atoms with Crippen LogP contribution in [0.5, 0.6) is 11.5 Å². The van der Waals surface area contributed by atoms with Crippen LogP contribution in [-0.2, 0) is 10.0 Å². The standard InChI is InChI=1S/C18H18N2O6S2/c21-20(22)14-3-1-2-4-18(14)28(23,24)19-8-7-17(27-10-9-19)13-5-6-15-16(11-13)26-12-25-15/h1-6,11,17H,7-10,12H2. The van der Waals surface area contributed by atoms with Crippen LogP contribution in [-0.4, -0.2) is 43.3 Å². The molecule has 2 aromatic rings. The third kappa shape index (κ3) is 3.54. The number of sulfonamides is 1. The summed E-state index contributed by atoms with van der Waals surface area (Å²) in [5.74, 6) is 2.01. The van der Waals surface area contributed by atoms with Crippen LogP contribution in [0.25, 0.3) is 0 Å². The summed E-state index contributed by atoms with van der Waals surface area (Å²) < 4.78 is 38.2. The summed E-state index contributed by atoms with van der Waals surface area (Å²) in [5.41, 5.74) is 0.658. The molecule has 1 fully saturated rings.